The van der Waals surface area contributed by atoms with Crippen molar-refractivity contribution in [2.75, 3.05) is 7.11 Å². The van der Waals surface area contributed by atoms with E-state index in [0.29, 0.717) is 11.3 Å². The Morgan fingerprint density at radius 2 is 1.78 bits per heavy atom. The van der Waals surface area contributed by atoms with Gasteiger partial charge >= 0.3 is 0 Å². The van der Waals surface area contributed by atoms with Crippen molar-refractivity contribution in [3.05, 3.63) is 24.3 Å². The second kappa shape index (κ2) is 7.39. The van der Waals surface area contributed by atoms with E-state index in [1.165, 1.54) is 32.1 Å². The standard InChI is InChI=1S/C18H25N3OS/c1-13(2)23-18-20-19-17(14-9-11-16(22-3)12-10-14)21(18)15-7-5-4-6-8-15/h9-13,15H,4-8H2,1-3H3. The first-order valence-corrected chi connectivity index (χ1v) is 9.33. The highest BCUT2D eigenvalue weighted by atomic mass is 32.2. The van der Waals surface area contributed by atoms with Crippen molar-refractivity contribution in [3.63, 3.8) is 0 Å². The largest absolute Gasteiger partial charge is 0.497 e. The summed E-state index contributed by atoms with van der Waals surface area (Å²) in [7, 11) is 1.69. The van der Waals surface area contributed by atoms with Crippen LogP contribution in [-0.4, -0.2) is 27.1 Å². The second-order valence-corrected chi connectivity index (χ2v) is 7.91. The number of hydrogen-bond acceptors (Lipinski definition) is 4. The van der Waals surface area contributed by atoms with Gasteiger partial charge in [-0.25, -0.2) is 0 Å². The normalized spacial score (nSPS) is 16.0. The zero-order valence-electron chi connectivity index (χ0n) is 14.2. The van der Waals surface area contributed by atoms with Gasteiger partial charge in [-0.15, -0.1) is 10.2 Å². The first kappa shape index (κ1) is 16.4. The lowest BCUT2D eigenvalue weighted by Crippen LogP contribution is -2.15. The average molecular weight is 331 g/mol. The first-order valence-electron chi connectivity index (χ1n) is 8.45. The highest BCUT2D eigenvalue weighted by Gasteiger charge is 2.24. The number of thioether (sulfide) groups is 1. The Morgan fingerprint density at radius 1 is 1.09 bits per heavy atom. The minimum absolute atomic E-state index is 0.505. The summed E-state index contributed by atoms with van der Waals surface area (Å²) >= 11 is 1.81. The van der Waals surface area contributed by atoms with Crippen LogP contribution >= 0.6 is 11.8 Å². The van der Waals surface area contributed by atoms with Crippen molar-refractivity contribution in [1.82, 2.24) is 14.8 Å². The molecule has 0 N–H and O–H groups in total. The van der Waals surface area contributed by atoms with Gasteiger partial charge in [-0.1, -0.05) is 44.9 Å². The van der Waals surface area contributed by atoms with Crippen LogP contribution in [0.3, 0.4) is 0 Å². The summed E-state index contributed by atoms with van der Waals surface area (Å²) in [6, 6.07) is 8.66. The van der Waals surface area contributed by atoms with Crippen LogP contribution in [0.4, 0.5) is 0 Å². The van der Waals surface area contributed by atoms with Crippen molar-refractivity contribution < 1.29 is 4.74 Å². The molecule has 1 aromatic carbocycles. The van der Waals surface area contributed by atoms with Crippen molar-refractivity contribution in [3.8, 4) is 17.1 Å². The molecule has 124 valence electrons. The summed E-state index contributed by atoms with van der Waals surface area (Å²) in [5, 5.41) is 10.6. The van der Waals surface area contributed by atoms with Gasteiger partial charge in [0.2, 0.25) is 0 Å². The van der Waals surface area contributed by atoms with E-state index < -0.39 is 0 Å². The SMILES string of the molecule is COc1ccc(-c2nnc(SC(C)C)n2C2CCCCC2)cc1. The number of methoxy groups -OCH3 is 1. The number of rotatable bonds is 5. The minimum Gasteiger partial charge on any atom is -0.497 e. The van der Waals surface area contributed by atoms with Crippen LogP contribution in [0, 0.1) is 0 Å². The maximum Gasteiger partial charge on any atom is 0.192 e. The molecule has 0 bridgehead atoms. The molecule has 1 aliphatic rings. The maximum atomic E-state index is 5.26. The zero-order chi connectivity index (χ0) is 16.2. The molecular weight excluding hydrogens is 306 g/mol. The average Bonchev–Trinajstić information content (AvgIpc) is 2.98. The topological polar surface area (TPSA) is 39.9 Å². The van der Waals surface area contributed by atoms with Gasteiger partial charge in [-0.2, -0.15) is 0 Å². The summed E-state index contributed by atoms with van der Waals surface area (Å²) in [5.74, 6) is 1.86. The Bertz CT molecular complexity index is 630. The molecule has 5 heteroatoms. The van der Waals surface area contributed by atoms with Gasteiger partial charge in [0, 0.05) is 16.9 Å². The molecular formula is C18H25N3OS. The van der Waals surface area contributed by atoms with E-state index in [2.05, 4.69) is 40.7 Å². The lowest BCUT2D eigenvalue weighted by molar-refractivity contribution is 0.339. The summed E-state index contributed by atoms with van der Waals surface area (Å²) in [4.78, 5) is 0. The van der Waals surface area contributed by atoms with Gasteiger partial charge in [0.05, 0.1) is 7.11 Å². The van der Waals surface area contributed by atoms with E-state index >= 15 is 0 Å². The minimum atomic E-state index is 0.505. The fraction of sp³-hybridized carbons (Fsp3) is 0.556. The fourth-order valence-corrected chi connectivity index (χ4v) is 4.03. The highest BCUT2D eigenvalue weighted by molar-refractivity contribution is 7.99. The second-order valence-electron chi connectivity index (χ2n) is 6.36. The fourth-order valence-electron chi connectivity index (χ4n) is 3.17. The third kappa shape index (κ3) is 3.71. The Morgan fingerprint density at radius 3 is 2.39 bits per heavy atom. The molecule has 1 aliphatic carbocycles. The van der Waals surface area contributed by atoms with Crippen molar-refractivity contribution >= 4 is 11.8 Å². The molecule has 0 radical (unpaired) electrons. The lowest BCUT2D eigenvalue weighted by Gasteiger charge is -2.26. The number of nitrogens with zero attached hydrogens (tertiary/aromatic N) is 3. The monoisotopic (exact) mass is 331 g/mol. The van der Waals surface area contributed by atoms with Crippen LogP contribution in [0.5, 0.6) is 5.75 Å². The number of ether oxygens (including phenoxy) is 1. The van der Waals surface area contributed by atoms with E-state index in [0.717, 1.165) is 22.3 Å². The molecule has 0 aliphatic heterocycles. The Balaban J connectivity index is 1.99. The zero-order valence-corrected chi connectivity index (χ0v) is 15.0. The van der Waals surface area contributed by atoms with Gasteiger partial charge in [0.25, 0.3) is 0 Å². The molecule has 0 spiro atoms. The van der Waals surface area contributed by atoms with E-state index in [9.17, 15) is 0 Å². The number of hydrogen-bond donors (Lipinski definition) is 0. The summed E-state index contributed by atoms with van der Waals surface area (Å²) in [6.45, 7) is 4.41. The van der Waals surface area contributed by atoms with Crippen molar-refractivity contribution in [1.29, 1.82) is 0 Å². The maximum absolute atomic E-state index is 5.26. The van der Waals surface area contributed by atoms with Crippen LogP contribution < -0.4 is 4.74 Å². The summed E-state index contributed by atoms with van der Waals surface area (Å²) in [5.41, 5.74) is 1.11. The van der Waals surface area contributed by atoms with Gasteiger partial charge in [-0.05, 0) is 37.1 Å². The molecule has 1 heterocycles. The molecule has 3 rings (SSSR count). The summed E-state index contributed by atoms with van der Waals surface area (Å²) in [6.07, 6.45) is 6.41. The van der Waals surface area contributed by atoms with Crippen molar-refractivity contribution in [2.45, 2.75) is 62.4 Å². The van der Waals surface area contributed by atoms with Gasteiger partial charge in [0.1, 0.15) is 5.75 Å². The molecule has 4 nitrogen and oxygen atoms in total. The van der Waals surface area contributed by atoms with Gasteiger partial charge in [-0.3, -0.25) is 4.57 Å². The molecule has 0 atom stereocenters. The third-order valence-electron chi connectivity index (χ3n) is 4.29. The Hall–Kier alpha value is -1.49. The molecule has 0 amide bonds. The van der Waals surface area contributed by atoms with Crippen LogP contribution in [-0.2, 0) is 0 Å². The quantitative estimate of drug-likeness (QED) is 0.726. The first-order chi connectivity index (χ1) is 11.2. The smallest absolute Gasteiger partial charge is 0.192 e. The predicted octanol–water partition coefficient (Wildman–Crippen LogP) is 4.96. The van der Waals surface area contributed by atoms with Crippen LogP contribution in [0.2, 0.25) is 0 Å². The van der Waals surface area contributed by atoms with Gasteiger partial charge < -0.3 is 4.74 Å². The van der Waals surface area contributed by atoms with E-state index in [-0.39, 0.29) is 0 Å². The third-order valence-corrected chi connectivity index (χ3v) is 5.25. The molecule has 0 unspecified atom stereocenters. The highest BCUT2D eigenvalue weighted by Crippen LogP contribution is 2.36. The van der Waals surface area contributed by atoms with Crippen LogP contribution in [0.15, 0.2) is 29.4 Å². The predicted molar refractivity (Wildman–Crippen MR) is 95.1 cm³/mol. The van der Waals surface area contributed by atoms with Crippen LogP contribution in [0.1, 0.15) is 52.0 Å². The molecule has 2 aromatic rings. The van der Waals surface area contributed by atoms with E-state index in [1.54, 1.807) is 18.9 Å². The Kier molecular flexibility index (Phi) is 5.26. The molecule has 1 fully saturated rings. The van der Waals surface area contributed by atoms with E-state index in [4.69, 9.17) is 4.74 Å². The molecule has 23 heavy (non-hydrogen) atoms. The number of benzene rings is 1. The molecule has 0 saturated heterocycles. The Labute approximate surface area is 142 Å². The van der Waals surface area contributed by atoms with Gasteiger partial charge in [0.15, 0.2) is 11.0 Å². The number of aromatic nitrogens is 3. The van der Waals surface area contributed by atoms with E-state index in [1.807, 2.05) is 12.1 Å². The van der Waals surface area contributed by atoms with Crippen LogP contribution in [0.25, 0.3) is 11.4 Å². The summed E-state index contributed by atoms with van der Waals surface area (Å²) < 4.78 is 7.64. The lowest BCUT2D eigenvalue weighted by atomic mass is 9.95. The molecule has 1 saturated carbocycles. The van der Waals surface area contributed by atoms with Crippen molar-refractivity contribution in [2.24, 2.45) is 0 Å². The molecule has 1 aromatic heterocycles.